The minimum atomic E-state index is 0.0812. The highest BCUT2D eigenvalue weighted by atomic mass is 16.5. The highest BCUT2D eigenvalue weighted by Crippen LogP contribution is 2.31. The lowest BCUT2D eigenvalue weighted by atomic mass is 9.92. The second-order valence-corrected chi connectivity index (χ2v) is 7.79. The standard InChI is InChI=1S/C23H29N3O3/c1-2-28-22-12-18(5-6-21(22)29-16-17-4-3-9-24-13-17)23(27)26-10-7-19-14-25-15-20(19)8-11-26/h3-6,9,12-13,19-20,25H,2,7-8,10-11,14-16H2,1H3/t19-,20+. The van der Waals surface area contributed by atoms with Crippen molar-refractivity contribution in [3.63, 3.8) is 0 Å². The highest BCUT2D eigenvalue weighted by Gasteiger charge is 2.31. The Morgan fingerprint density at radius 1 is 1.14 bits per heavy atom. The zero-order valence-electron chi connectivity index (χ0n) is 17.0. The summed E-state index contributed by atoms with van der Waals surface area (Å²) in [6.45, 7) is 6.68. The fraction of sp³-hybridized carbons (Fsp3) is 0.478. The van der Waals surface area contributed by atoms with E-state index in [0.717, 1.165) is 44.6 Å². The van der Waals surface area contributed by atoms with Gasteiger partial charge in [-0.2, -0.15) is 0 Å². The number of amides is 1. The Morgan fingerprint density at radius 3 is 2.62 bits per heavy atom. The van der Waals surface area contributed by atoms with E-state index in [1.54, 1.807) is 12.4 Å². The molecule has 0 saturated carbocycles. The minimum Gasteiger partial charge on any atom is -0.490 e. The quantitative estimate of drug-likeness (QED) is 0.814. The molecule has 1 amide bonds. The Labute approximate surface area is 172 Å². The topological polar surface area (TPSA) is 63.7 Å². The van der Waals surface area contributed by atoms with Gasteiger partial charge in [0.25, 0.3) is 5.91 Å². The third kappa shape index (κ3) is 4.70. The number of carbonyl (C=O) groups excluding carboxylic acids is 1. The zero-order valence-corrected chi connectivity index (χ0v) is 17.0. The van der Waals surface area contributed by atoms with Crippen molar-refractivity contribution in [2.75, 3.05) is 32.8 Å². The molecule has 2 saturated heterocycles. The molecule has 0 radical (unpaired) electrons. The molecule has 6 heteroatoms. The van der Waals surface area contributed by atoms with E-state index < -0.39 is 0 Å². The second-order valence-electron chi connectivity index (χ2n) is 7.79. The predicted molar refractivity (Wildman–Crippen MR) is 111 cm³/mol. The number of hydrogen-bond donors (Lipinski definition) is 1. The minimum absolute atomic E-state index is 0.0812. The third-order valence-electron chi connectivity index (χ3n) is 5.91. The van der Waals surface area contributed by atoms with Gasteiger partial charge in [-0.1, -0.05) is 6.07 Å². The van der Waals surface area contributed by atoms with Crippen molar-refractivity contribution >= 4 is 5.91 Å². The van der Waals surface area contributed by atoms with E-state index in [-0.39, 0.29) is 5.91 Å². The van der Waals surface area contributed by atoms with Gasteiger partial charge < -0.3 is 19.7 Å². The number of hydrogen-bond acceptors (Lipinski definition) is 5. The van der Waals surface area contributed by atoms with E-state index in [1.165, 1.54) is 0 Å². The summed E-state index contributed by atoms with van der Waals surface area (Å²) >= 11 is 0. The fourth-order valence-electron chi connectivity index (χ4n) is 4.28. The first-order chi connectivity index (χ1) is 14.2. The van der Waals surface area contributed by atoms with Gasteiger partial charge in [0.2, 0.25) is 0 Å². The van der Waals surface area contributed by atoms with Gasteiger partial charge in [-0.3, -0.25) is 9.78 Å². The lowest BCUT2D eigenvalue weighted by Gasteiger charge is -2.22. The second kappa shape index (κ2) is 9.27. The largest absolute Gasteiger partial charge is 0.490 e. The van der Waals surface area contributed by atoms with Gasteiger partial charge in [-0.25, -0.2) is 0 Å². The van der Waals surface area contributed by atoms with Crippen LogP contribution in [0.2, 0.25) is 0 Å². The van der Waals surface area contributed by atoms with Crippen LogP contribution in [0, 0.1) is 11.8 Å². The van der Waals surface area contributed by atoms with Crippen LogP contribution in [-0.4, -0.2) is 48.6 Å². The zero-order chi connectivity index (χ0) is 20.1. The number of ether oxygens (including phenoxy) is 2. The van der Waals surface area contributed by atoms with Gasteiger partial charge in [0.1, 0.15) is 6.61 Å². The number of nitrogens with one attached hydrogen (secondary N) is 1. The van der Waals surface area contributed by atoms with E-state index in [9.17, 15) is 4.79 Å². The molecule has 4 rings (SSSR count). The molecule has 6 nitrogen and oxygen atoms in total. The van der Waals surface area contributed by atoms with E-state index in [1.807, 2.05) is 42.2 Å². The normalized spacial score (nSPS) is 21.3. The molecule has 2 fully saturated rings. The summed E-state index contributed by atoms with van der Waals surface area (Å²) in [5.41, 5.74) is 1.65. The van der Waals surface area contributed by atoms with Crippen LogP contribution >= 0.6 is 0 Å². The third-order valence-corrected chi connectivity index (χ3v) is 5.91. The van der Waals surface area contributed by atoms with Crippen LogP contribution in [0.3, 0.4) is 0 Å². The Bertz CT molecular complexity index is 813. The molecule has 3 heterocycles. The highest BCUT2D eigenvalue weighted by molar-refractivity contribution is 5.95. The molecule has 1 aromatic heterocycles. The number of nitrogens with zero attached hydrogens (tertiary/aromatic N) is 2. The predicted octanol–water partition coefficient (Wildman–Crippen LogP) is 3.13. The van der Waals surface area contributed by atoms with Gasteiger partial charge in [0, 0.05) is 36.6 Å². The summed E-state index contributed by atoms with van der Waals surface area (Å²) in [4.78, 5) is 19.2. The molecule has 2 atom stereocenters. The molecule has 2 aliphatic rings. The maximum absolute atomic E-state index is 13.1. The van der Waals surface area contributed by atoms with E-state index in [4.69, 9.17) is 9.47 Å². The SMILES string of the molecule is CCOc1cc(C(=O)N2CC[C@@H]3CNC[C@@H]3CC2)ccc1OCc1cccnc1. The molecule has 0 bridgehead atoms. The van der Waals surface area contributed by atoms with Crippen molar-refractivity contribution in [3.8, 4) is 11.5 Å². The number of pyridine rings is 1. The first-order valence-corrected chi connectivity index (χ1v) is 10.5. The van der Waals surface area contributed by atoms with Crippen LogP contribution in [0.25, 0.3) is 0 Å². The molecular formula is C23H29N3O3. The average molecular weight is 396 g/mol. The van der Waals surface area contributed by atoms with E-state index in [0.29, 0.717) is 42.1 Å². The molecule has 1 N–H and O–H groups in total. The van der Waals surface area contributed by atoms with Crippen molar-refractivity contribution in [1.29, 1.82) is 0 Å². The van der Waals surface area contributed by atoms with Crippen molar-refractivity contribution in [2.24, 2.45) is 11.8 Å². The molecular weight excluding hydrogens is 366 g/mol. The lowest BCUT2D eigenvalue weighted by Crippen LogP contribution is -2.32. The monoisotopic (exact) mass is 395 g/mol. The smallest absolute Gasteiger partial charge is 0.253 e. The number of likely N-dealkylation sites (tertiary alicyclic amines) is 1. The first kappa shape index (κ1) is 19.7. The molecule has 2 aliphatic heterocycles. The van der Waals surface area contributed by atoms with Crippen LogP contribution in [0.15, 0.2) is 42.7 Å². The Hall–Kier alpha value is -2.60. The van der Waals surface area contributed by atoms with Crippen LogP contribution < -0.4 is 14.8 Å². The van der Waals surface area contributed by atoms with E-state index in [2.05, 4.69) is 10.3 Å². The summed E-state index contributed by atoms with van der Waals surface area (Å²) in [5, 5.41) is 3.48. The fourth-order valence-corrected chi connectivity index (χ4v) is 4.28. The summed E-state index contributed by atoms with van der Waals surface area (Å²) in [5.74, 6) is 2.74. The van der Waals surface area contributed by atoms with Gasteiger partial charge >= 0.3 is 0 Å². The molecule has 0 spiro atoms. The van der Waals surface area contributed by atoms with Crippen molar-refractivity contribution in [1.82, 2.24) is 15.2 Å². The number of aromatic nitrogens is 1. The number of benzene rings is 1. The van der Waals surface area contributed by atoms with Crippen LogP contribution in [0.1, 0.15) is 35.7 Å². The number of carbonyl (C=O) groups is 1. The molecule has 0 aliphatic carbocycles. The number of rotatable bonds is 6. The Morgan fingerprint density at radius 2 is 1.93 bits per heavy atom. The number of fused-ring (bicyclic) bond motifs is 1. The molecule has 154 valence electrons. The Kier molecular flexibility index (Phi) is 6.30. The molecule has 2 aromatic rings. The summed E-state index contributed by atoms with van der Waals surface area (Å²) in [6, 6.07) is 9.35. The Balaban J connectivity index is 1.45. The maximum Gasteiger partial charge on any atom is 0.253 e. The molecule has 29 heavy (non-hydrogen) atoms. The molecule has 1 aromatic carbocycles. The van der Waals surface area contributed by atoms with Crippen molar-refractivity contribution < 1.29 is 14.3 Å². The van der Waals surface area contributed by atoms with Crippen LogP contribution in [-0.2, 0) is 6.61 Å². The maximum atomic E-state index is 13.1. The van der Waals surface area contributed by atoms with Gasteiger partial charge in [-0.15, -0.1) is 0 Å². The molecule has 0 unspecified atom stereocenters. The van der Waals surface area contributed by atoms with Crippen LogP contribution in [0.5, 0.6) is 11.5 Å². The van der Waals surface area contributed by atoms with Gasteiger partial charge in [-0.05, 0) is 69.0 Å². The van der Waals surface area contributed by atoms with Gasteiger partial charge in [0.05, 0.1) is 6.61 Å². The summed E-state index contributed by atoms with van der Waals surface area (Å²) in [7, 11) is 0. The summed E-state index contributed by atoms with van der Waals surface area (Å²) in [6.07, 6.45) is 5.67. The average Bonchev–Trinajstić information content (AvgIpc) is 3.11. The van der Waals surface area contributed by atoms with E-state index >= 15 is 0 Å². The van der Waals surface area contributed by atoms with Crippen molar-refractivity contribution in [2.45, 2.75) is 26.4 Å². The van der Waals surface area contributed by atoms with Crippen LogP contribution in [0.4, 0.5) is 0 Å². The van der Waals surface area contributed by atoms with Gasteiger partial charge in [0.15, 0.2) is 11.5 Å². The van der Waals surface area contributed by atoms with Crippen molar-refractivity contribution in [3.05, 3.63) is 53.9 Å². The summed E-state index contributed by atoms with van der Waals surface area (Å²) < 4.78 is 11.7. The first-order valence-electron chi connectivity index (χ1n) is 10.5. The lowest BCUT2D eigenvalue weighted by molar-refractivity contribution is 0.0758.